The van der Waals surface area contributed by atoms with E-state index in [1.807, 2.05) is 18.2 Å². The first-order valence-corrected chi connectivity index (χ1v) is 4.80. The molecule has 0 bridgehead atoms. The van der Waals surface area contributed by atoms with Gasteiger partial charge in [-0.2, -0.15) is 0 Å². The summed E-state index contributed by atoms with van der Waals surface area (Å²) in [5.41, 5.74) is 0. The second kappa shape index (κ2) is 4.40. The van der Waals surface area contributed by atoms with E-state index >= 15 is 0 Å². The van der Waals surface area contributed by atoms with Crippen molar-refractivity contribution in [2.24, 2.45) is 0 Å². The first-order valence-electron chi connectivity index (χ1n) is 4.80. The normalized spacial score (nSPS) is 18.7. The number of hydrogen-bond donors (Lipinski definition) is 0. The quantitative estimate of drug-likeness (QED) is 0.757. The molecule has 15 heavy (non-hydrogen) atoms. The smallest absolute Gasteiger partial charge is 0.165 e. The maximum absolute atomic E-state index is 5.67. The Balaban J connectivity index is 2.13. The summed E-state index contributed by atoms with van der Waals surface area (Å²) in [7, 11) is 3.27. The van der Waals surface area contributed by atoms with Gasteiger partial charge in [-0.05, 0) is 12.1 Å². The highest BCUT2D eigenvalue weighted by atomic mass is 16.6. The van der Waals surface area contributed by atoms with Crippen LogP contribution in [0.2, 0.25) is 0 Å². The van der Waals surface area contributed by atoms with Gasteiger partial charge in [0.15, 0.2) is 17.6 Å². The Bertz CT molecular complexity index is 337. The van der Waals surface area contributed by atoms with E-state index in [1.165, 1.54) is 0 Å². The van der Waals surface area contributed by atoms with Crippen LogP contribution in [-0.2, 0) is 4.74 Å². The minimum absolute atomic E-state index is 0.0316. The maximum atomic E-state index is 5.67. The molecule has 1 heterocycles. The lowest BCUT2D eigenvalue weighted by Gasteiger charge is -2.26. The van der Waals surface area contributed by atoms with E-state index in [4.69, 9.17) is 18.9 Å². The zero-order chi connectivity index (χ0) is 10.7. The molecule has 0 saturated carbocycles. The highest BCUT2D eigenvalue weighted by molar-refractivity contribution is 5.46. The molecule has 4 heteroatoms. The molecular weight excluding hydrogens is 196 g/mol. The van der Waals surface area contributed by atoms with E-state index in [1.54, 1.807) is 14.2 Å². The van der Waals surface area contributed by atoms with Crippen LogP contribution in [0.5, 0.6) is 17.2 Å². The molecule has 0 saturated heterocycles. The Labute approximate surface area is 88.7 Å². The van der Waals surface area contributed by atoms with Gasteiger partial charge >= 0.3 is 0 Å². The van der Waals surface area contributed by atoms with Gasteiger partial charge in [-0.25, -0.2) is 0 Å². The molecule has 1 aromatic rings. The number of methoxy groups -OCH3 is 2. The summed E-state index contributed by atoms with van der Waals surface area (Å²) in [5.74, 6) is 2.23. The number of ether oxygens (including phenoxy) is 4. The summed E-state index contributed by atoms with van der Waals surface area (Å²) in [6.45, 7) is 1.04. The van der Waals surface area contributed by atoms with Crippen LogP contribution in [0, 0.1) is 0 Å². The van der Waals surface area contributed by atoms with E-state index in [9.17, 15) is 0 Å². The molecule has 0 spiro atoms. The molecule has 0 fully saturated rings. The third-order valence-corrected chi connectivity index (χ3v) is 2.22. The lowest BCUT2D eigenvalue weighted by Crippen LogP contribution is -2.32. The summed E-state index contributed by atoms with van der Waals surface area (Å²) in [6, 6.07) is 5.51. The van der Waals surface area contributed by atoms with Crippen molar-refractivity contribution in [3.8, 4) is 17.2 Å². The van der Waals surface area contributed by atoms with Crippen LogP contribution in [-0.4, -0.2) is 33.5 Å². The van der Waals surface area contributed by atoms with E-state index < -0.39 is 0 Å². The third-order valence-electron chi connectivity index (χ3n) is 2.22. The lowest BCUT2D eigenvalue weighted by molar-refractivity contribution is 0.0270. The Morgan fingerprint density at radius 3 is 2.93 bits per heavy atom. The summed E-state index contributed by atoms with van der Waals surface area (Å²) in [5, 5.41) is 0. The molecule has 4 nitrogen and oxygen atoms in total. The monoisotopic (exact) mass is 210 g/mol. The minimum atomic E-state index is -0.0316. The summed E-state index contributed by atoms with van der Waals surface area (Å²) >= 11 is 0. The van der Waals surface area contributed by atoms with Crippen molar-refractivity contribution >= 4 is 0 Å². The van der Waals surface area contributed by atoms with E-state index in [2.05, 4.69) is 0 Å². The fourth-order valence-corrected chi connectivity index (χ4v) is 1.49. The molecule has 0 radical (unpaired) electrons. The standard InChI is InChI=1S/C11H14O4/c1-12-6-9-7-14-11-5-8(13-2)3-4-10(11)15-9/h3-5,9H,6-7H2,1-2H3/t9-/m0/s1. The predicted octanol–water partition coefficient (Wildman–Crippen LogP) is 1.48. The Morgan fingerprint density at radius 1 is 1.33 bits per heavy atom. The van der Waals surface area contributed by atoms with E-state index in [0.29, 0.717) is 13.2 Å². The van der Waals surface area contributed by atoms with Crippen molar-refractivity contribution in [3.05, 3.63) is 18.2 Å². The van der Waals surface area contributed by atoms with Crippen LogP contribution in [0.4, 0.5) is 0 Å². The largest absolute Gasteiger partial charge is 0.497 e. The fraction of sp³-hybridized carbons (Fsp3) is 0.455. The van der Waals surface area contributed by atoms with Crippen LogP contribution < -0.4 is 14.2 Å². The molecule has 0 aromatic heterocycles. The fourth-order valence-electron chi connectivity index (χ4n) is 1.49. The van der Waals surface area contributed by atoms with Crippen molar-refractivity contribution in [3.63, 3.8) is 0 Å². The average Bonchev–Trinajstić information content (AvgIpc) is 2.29. The van der Waals surface area contributed by atoms with E-state index in [-0.39, 0.29) is 6.10 Å². The van der Waals surface area contributed by atoms with Crippen LogP contribution in [0.3, 0.4) is 0 Å². The van der Waals surface area contributed by atoms with Crippen molar-refractivity contribution in [2.75, 3.05) is 27.4 Å². The molecule has 82 valence electrons. The molecular formula is C11H14O4. The molecule has 0 amide bonds. The highest BCUT2D eigenvalue weighted by Gasteiger charge is 2.21. The summed E-state index contributed by atoms with van der Waals surface area (Å²) in [4.78, 5) is 0. The maximum Gasteiger partial charge on any atom is 0.165 e. The van der Waals surface area contributed by atoms with Gasteiger partial charge in [-0.15, -0.1) is 0 Å². The van der Waals surface area contributed by atoms with Gasteiger partial charge in [0.25, 0.3) is 0 Å². The number of rotatable bonds is 3. The molecule has 1 aromatic carbocycles. The van der Waals surface area contributed by atoms with Gasteiger partial charge in [0.2, 0.25) is 0 Å². The molecule has 2 rings (SSSR count). The van der Waals surface area contributed by atoms with Crippen molar-refractivity contribution < 1.29 is 18.9 Å². The molecule has 0 unspecified atom stereocenters. The van der Waals surface area contributed by atoms with E-state index in [0.717, 1.165) is 17.2 Å². The average molecular weight is 210 g/mol. The molecule has 1 atom stereocenters. The Morgan fingerprint density at radius 2 is 2.20 bits per heavy atom. The Hall–Kier alpha value is -1.42. The van der Waals surface area contributed by atoms with Gasteiger partial charge in [-0.3, -0.25) is 0 Å². The second-order valence-electron chi connectivity index (χ2n) is 3.32. The van der Waals surface area contributed by atoms with Crippen molar-refractivity contribution in [1.29, 1.82) is 0 Å². The third kappa shape index (κ3) is 2.15. The number of fused-ring (bicyclic) bond motifs is 1. The van der Waals surface area contributed by atoms with Gasteiger partial charge in [0.1, 0.15) is 12.4 Å². The van der Waals surface area contributed by atoms with Crippen LogP contribution in [0.1, 0.15) is 0 Å². The number of benzene rings is 1. The highest BCUT2D eigenvalue weighted by Crippen LogP contribution is 2.34. The number of hydrogen-bond acceptors (Lipinski definition) is 4. The Kier molecular flexibility index (Phi) is 2.97. The molecule has 0 N–H and O–H groups in total. The molecule has 1 aliphatic heterocycles. The lowest BCUT2D eigenvalue weighted by atomic mass is 10.2. The van der Waals surface area contributed by atoms with Crippen LogP contribution in [0.25, 0.3) is 0 Å². The summed E-state index contributed by atoms with van der Waals surface area (Å²) < 4.78 is 21.3. The van der Waals surface area contributed by atoms with Gasteiger partial charge in [-0.1, -0.05) is 0 Å². The second-order valence-corrected chi connectivity index (χ2v) is 3.32. The SMILES string of the molecule is COC[C@H]1COc2cc(OC)ccc2O1. The zero-order valence-corrected chi connectivity index (χ0v) is 8.86. The first-order chi connectivity index (χ1) is 7.33. The zero-order valence-electron chi connectivity index (χ0n) is 8.86. The molecule has 0 aliphatic carbocycles. The van der Waals surface area contributed by atoms with Crippen molar-refractivity contribution in [2.45, 2.75) is 6.10 Å². The molecule has 1 aliphatic rings. The summed E-state index contributed by atoms with van der Waals surface area (Å²) in [6.07, 6.45) is -0.0316. The van der Waals surface area contributed by atoms with Crippen LogP contribution >= 0.6 is 0 Å². The first kappa shape index (κ1) is 10.1. The topological polar surface area (TPSA) is 36.9 Å². The van der Waals surface area contributed by atoms with Gasteiger partial charge in [0, 0.05) is 13.2 Å². The minimum Gasteiger partial charge on any atom is -0.497 e. The van der Waals surface area contributed by atoms with Crippen molar-refractivity contribution in [1.82, 2.24) is 0 Å². The van der Waals surface area contributed by atoms with Crippen LogP contribution in [0.15, 0.2) is 18.2 Å². The van der Waals surface area contributed by atoms with Gasteiger partial charge < -0.3 is 18.9 Å². The van der Waals surface area contributed by atoms with Gasteiger partial charge in [0.05, 0.1) is 13.7 Å². The predicted molar refractivity (Wildman–Crippen MR) is 54.8 cm³/mol.